The highest BCUT2D eigenvalue weighted by molar-refractivity contribution is 5.83. The van der Waals surface area contributed by atoms with Gasteiger partial charge >= 0.3 is 11.9 Å². The predicted molar refractivity (Wildman–Crippen MR) is 59.1 cm³/mol. The monoisotopic (exact) mass is 226 g/mol. The molecule has 1 aliphatic rings. The highest BCUT2D eigenvalue weighted by Gasteiger charge is 2.49. The van der Waals surface area contributed by atoms with Crippen LogP contribution in [0.4, 0.5) is 0 Å². The van der Waals surface area contributed by atoms with Crippen molar-refractivity contribution < 1.29 is 19.8 Å². The Kier molecular flexibility index (Phi) is 4.10. The van der Waals surface area contributed by atoms with Crippen molar-refractivity contribution in [2.75, 3.05) is 0 Å². The maximum absolute atomic E-state index is 11.4. The van der Waals surface area contributed by atoms with Gasteiger partial charge in [0.2, 0.25) is 0 Å². The van der Waals surface area contributed by atoms with Gasteiger partial charge < -0.3 is 10.2 Å². The summed E-state index contributed by atoms with van der Waals surface area (Å²) in [5.41, 5.74) is -1.10. The maximum Gasteiger partial charge on any atom is 0.310 e. The van der Waals surface area contributed by atoms with Crippen molar-refractivity contribution in [1.82, 2.24) is 0 Å². The topological polar surface area (TPSA) is 74.6 Å². The quantitative estimate of drug-likeness (QED) is 0.721. The molecule has 0 radical (unpaired) electrons. The molecule has 16 heavy (non-hydrogen) atoms. The fraction of sp³-hybridized carbons (Fsp3) is 0.667. The fourth-order valence-corrected chi connectivity index (χ4v) is 2.52. The molecule has 0 saturated heterocycles. The summed E-state index contributed by atoms with van der Waals surface area (Å²) in [6.07, 6.45) is 6.39. The average molecular weight is 226 g/mol. The molecule has 0 aromatic rings. The molecule has 0 spiro atoms. The predicted octanol–water partition coefficient (Wildman–Crippen LogP) is 2.30. The molecular formula is C12H18O4. The number of hydrogen-bond acceptors (Lipinski definition) is 2. The molecular weight excluding hydrogens is 208 g/mol. The minimum Gasteiger partial charge on any atom is -0.481 e. The van der Waals surface area contributed by atoms with Crippen molar-refractivity contribution in [3.05, 3.63) is 12.2 Å². The standard InChI is InChI=1S/C12H18O4/c1-2-3-7-12(11(15)16)8-5-4-6-9(12)10(13)14/h2-3,9H,4-8H2,1H3,(H,13,14)(H,15,16). The molecule has 1 fully saturated rings. The number of carboxylic acids is 2. The number of rotatable bonds is 4. The van der Waals surface area contributed by atoms with E-state index < -0.39 is 23.3 Å². The van der Waals surface area contributed by atoms with E-state index in [1.54, 1.807) is 12.2 Å². The van der Waals surface area contributed by atoms with Gasteiger partial charge in [0, 0.05) is 0 Å². The zero-order valence-corrected chi connectivity index (χ0v) is 9.48. The second-order valence-corrected chi connectivity index (χ2v) is 4.37. The number of allylic oxidation sites excluding steroid dienone is 2. The van der Waals surface area contributed by atoms with Gasteiger partial charge in [-0.3, -0.25) is 9.59 Å². The summed E-state index contributed by atoms with van der Waals surface area (Å²) in [6, 6.07) is 0. The second kappa shape index (κ2) is 5.14. The molecule has 1 rings (SSSR count). The highest BCUT2D eigenvalue weighted by atomic mass is 16.4. The zero-order valence-electron chi connectivity index (χ0n) is 9.48. The molecule has 2 unspecified atom stereocenters. The number of carbonyl (C=O) groups is 2. The Morgan fingerprint density at radius 3 is 2.56 bits per heavy atom. The van der Waals surface area contributed by atoms with E-state index in [0.29, 0.717) is 19.3 Å². The first-order valence-electron chi connectivity index (χ1n) is 5.62. The van der Waals surface area contributed by atoms with E-state index in [2.05, 4.69) is 0 Å². The highest BCUT2D eigenvalue weighted by Crippen LogP contribution is 2.44. The number of aliphatic carboxylic acids is 2. The lowest BCUT2D eigenvalue weighted by atomic mass is 9.64. The summed E-state index contributed by atoms with van der Waals surface area (Å²) in [5, 5.41) is 18.5. The molecule has 90 valence electrons. The van der Waals surface area contributed by atoms with Crippen LogP contribution in [0.3, 0.4) is 0 Å². The van der Waals surface area contributed by atoms with E-state index in [1.807, 2.05) is 6.92 Å². The molecule has 4 nitrogen and oxygen atoms in total. The summed E-state index contributed by atoms with van der Waals surface area (Å²) < 4.78 is 0. The summed E-state index contributed by atoms with van der Waals surface area (Å²) in [5.74, 6) is -2.71. The molecule has 0 aromatic carbocycles. The lowest BCUT2D eigenvalue weighted by Crippen LogP contribution is -2.44. The van der Waals surface area contributed by atoms with Crippen molar-refractivity contribution >= 4 is 11.9 Å². The third kappa shape index (κ3) is 2.26. The minimum atomic E-state index is -1.10. The lowest BCUT2D eigenvalue weighted by molar-refractivity contribution is -0.165. The van der Waals surface area contributed by atoms with Crippen LogP contribution in [0.15, 0.2) is 12.2 Å². The van der Waals surface area contributed by atoms with Crippen LogP contribution in [0.2, 0.25) is 0 Å². The Balaban J connectivity index is 3.02. The average Bonchev–Trinajstić information content (AvgIpc) is 2.26. The third-order valence-corrected chi connectivity index (χ3v) is 3.47. The van der Waals surface area contributed by atoms with E-state index in [0.717, 1.165) is 12.8 Å². The molecule has 1 saturated carbocycles. The minimum absolute atomic E-state index is 0.315. The van der Waals surface area contributed by atoms with Crippen LogP contribution in [-0.4, -0.2) is 22.2 Å². The molecule has 0 aromatic heterocycles. The molecule has 2 N–H and O–H groups in total. The van der Waals surface area contributed by atoms with Gasteiger partial charge in [-0.2, -0.15) is 0 Å². The van der Waals surface area contributed by atoms with Crippen molar-refractivity contribution in [1.29, 1.82) is 0 Å². The van der Waals surface area contributed by atoms with Crippen molar-refractivity contribution in [2.24, 2.45) is 11.3 Å². The first kappa shape index (κ1) is 12.7. The summed E-state index contributed by atoms with van der Waals surface area (Å²) in [7, 11) is 0. The van der Waals surface area contributed by atoms with Gasteiger partial charge in [0.1, 0.15) is 0 Å². The van der Waals surface area contributed by atoms with Crippen LogP contribution in [-0.2, 0) is 9.59 Å². The van der Waals surface area contributed by atoms with Gasteiger partial charge in [-0.05, 0) is 26.2 Å². The third-order valence-electron chi connectivity index (χ3n) is 3.47. The van der Waals surface area contributed by atoms with Gasteiger partial charge in [-0.15, -0.1) is 0 Å². The molecule has 1 aliphatic carbocycles. The Hall–Kier alpha value is -1.32. The molecule has 0 aliphatic heterocycles. The Labute approximate surface area is 95.0 Å². The van der Waals surface area contributed by atoms with Crippen molar-refractivity contribution in [3.63, 3.8) is 0 Å². The summed E-state index contributed by atoms with van der Waals surface area (Å²) >= 11 is 0. The Bertz CT molecular complexity index is 308. The van der Waals surface area contributed by atoms with Gasteiger partial charge in [0.25, 0.3) is 0 Å². The normalized spacial score (nSPS) is 30.4. The first-order chi connectivity index (χ1) is 7.54. The van der Waals surface area contributed by atoms with Crippen LogP contribution in [0.1, 0.15) is 39.0 Å². The van der Waals surface area contributed by atoms with Crippen LogP contribution >= 0.6 is 0 Å². The van der Waals surface area contributed by atoms with Gasteiger partial charge in [-0.25, -0.2) is 0 Å². The molecule has 0 amide bonds. The van der Waals surface area contributed by atoms with Crippen molar-refractivity contribution in [3.8, 4) is 0 Å². The molecule has 2 atom stereocenters. The SMILES string of the molecule is CC=CCC1(C(=O)O)CCCCC1C(=O)O. The van der Waals surface area contributed by atoms with Crippen LogP contribution in [0.25, 0.3) is 0 Å². The molecule has 4 heteroatoms. The molecule has 0 heterocycles. The van der Waals surface area contributed by atoms with E-state index in [-0.39, 0.29) is 0 Å². The van der Waals surface area contributed by atoms with Crippen LogP contribution < -0.4 is 0 Å². The van der Waals surface area contributed by atoms with Crippen LogP contribution in [0, 0.1) is 11.3 Å². The van der Waals surface area contributed by atoms with Crippen LogP contribution in [0.5, 0.6) is 0 Å². The Morgan fingerprint density at radius 1 is 1.38 bits per heavy atom. The zero-order chi connectivity index (χ0) is 12.2. The van der Waals surface area contributed by atoms with E-state index in [9.17, 15) is 14.7 Å². The van der Waals surface area contributed by atoms with E-state index in [4.69, 9.17) is 5.11 Å². The lowest BCUT2D eigenvalue weighted by Gasteiger charge is -2.37. The smallest absolute Gasteiger partial charge is 0.310 e. The van der Waals surface area contributed by atoms with Gasteiger partial charge in [0.05, 0.1) is 11.3 Å². The maximum atomic E-state index is 11.4. The number of carboxylic acid groups (broad SMARTS) is 2. The van der Waals surface area contributed by atoms with Crippen molar-refractivity contribution in [2.45, 2.75) is 39.0 Å². The molecule has 0 bridgehead atoms. The Morgan fingerprint density at radius 2 is 2.06 bits per heavy atom. The summed E-state index contributed by atoms with van der Waals surface area (Å²) in [6.45, 7) is 1.81. The fourth-order valence-electron chi connectivity index (χ4n) is 2.52. The van der Waals surface area contributed by atoms with Gasteiger partial charge in [-0.1, -0.05) is 25.0 Å². The van der Waals surface area contributed by atoms with E-state index in [1.165, 1.54) is 0 Å². The van der Waals surface area contributed by atoms with Gasteiger partial charge in [0.15, 0.2) is 0 Å². The van der Waals surface area contributed by atoms with E-state index >= 15 is 0 Å². The largest absolute Gasteiger partial charge is 0.481 e. The summed E-state index contributed by atoms with van der Waals surface area (Å²) in [4.78, 5) is 22.5. The first-order valence-corrected chi connectivity index (χ1v) is 5.62. The second-order valence-electron chi connectivity index (χ2n) is 4.37. The number of hydrogen-bond donors (Lipinski definition) is 2.